The van der Waals surface area contributed by atoms with Crippen LogP contribution in [0.4, 0.5) is 11.4 Å². The number of rotatable bonds is 5. The van der Waals surface area contributed by atoms with Crippen LogP contribution >= 0.6 is 0 Å². The van der Waals surface area contributed by atoms with E-state index in [4.69, 9.17) is 6.58 Å². The van der Waals surface area contributed by atoms with Gasteiger partial charge in [0.25, 0.3) is 0 Å². The van der Waals surface area contributed by atoms with Gasteiger partial charge in [0, 0.05) is 68.5 Å². The molecule has 0 spiro atoms. The summed E-state index contributed by atoms with van der Waals surface area (Å²) in [5.74, 6) is 0. The van der Waals surface area contributed by atoms with Gasteiger partial charge in [0.05, 0.1) is 5.69 Å². The first-order valence-corrected chi connectivity index (χ1v) is 8.53. The molecule has 0 fully saturated rings. The van der Waals surface area contributed by atoms with Crippen molar-refractivity contribution in [3.8, 4) is 22.3 Å². The van der Waals surface area contributed by atoms with E-state index in [1.54, 1.807) is 6.20 Å². The van der Waals surface area contributed by atoms with Crippen LogP contribution in [0.5, 0.6) is 0 Å². The van der Waals surface area contributed by atoms with Crippen LogP contribution in [-0.2, 0) is 0 Å². The zero-order valence-electron chi connectivity index (χ0n) is 15.7. The number of para-hydroxylation sites is 2. The Hall–Kier alpha value is -3.07. The second-order valence-electron chi connectivity index (χ2n) is 6.55. The van der Waals surface area contributed by atoms with Gasteiger partial charge in [-0.1, -0.05) is 43.0 Å². The van der Waals surface area contributed by atoms with Gasteiger partial charge in [-0.25, -0.2) is 0 Å². The molecule has 1 heterocycles. The third-order valence-corrected chi connectivity index (χ3v) is 4.42. The van der Waals surface area contributed by atoms with E-state index >= 15 is 0 Å². The molecule has 26 heavy (non-hydrogen) atoms. The van der Waals surface area contributed by atoms with Crippen LogP contribution in [-0.4, -0.2) is 33.2 Å². The molecule has 3 heteroatoms. The van der Waals surface area contributed by atoms with Gasteiger partial charge in [0.2, 0.25) is 0 Å². The lowest BCUT2D eigenvalue weighted by Gasteiger charge is -2.23. The van der Waals surface area contributed by atoms with E-state index in [0.717, 1.165) is 33.6 Å². The third-order valence-electron chi connectivity index (χ3n) is 4.42. The van der Waals surface area contributed by atoms with Gasteiger partial charge in [-0.2, -0.15) is 0 Å². The summed E-state index contributed by atoms with van der Waals surface area (Å²) in [7, 11) is 8.18. The highest BCUT2D eigenvalue weighted by atomic mass is 15.1. The summed E-state index contributed by atoms with van der Waals surface area (Å²) in [6, 6.07) is 18.7. The maximum absolute atomic E-state index is 5.82. The van der Waals surface area contributed by atoms with Crippen LogP contribution < -0.4 is 9.80 Å². The first-order valence-electron chi connectivity index (χ1n) is 8.53. The van der Waals surface area contributed by atoms with Crippen LogP contribution in [0.15, 0.2) is 60.8 Å². The van der Waals surface area contributed by atoms with E-state index in [1.807, 2.05) is 32.3 Å². The second kappa shape index (κ2) is 7.44. The first kappa shape index (κ1) is 17.7. The van der Waals surface area contributed by atoms with Crippen molar-refractivity contribution in [2.75, 3.05) is 38.0 Å². The van der Waals surface area contributed by atoms with Crippen molar-refractivity contribution in [2.24, 2.45) is 0 Å². The number of aromatic nitrogens is 1. The van der Waals surface area contributed by atoms with E-state index in [0.29, 0.717) is 5.69 Å². The van der Waals surface area contributed by atoms with Gasteiger partial charge in [-0.15, -0.1) is 0 Å². The lowest BCUT2D eigenvalue weighted by atomic mass is 9.91. The summed E-state index contributed by atoms with van der Waals surface area (Å²) >= 11 is 0. The molecule has 0 atom stereocenters. The lowest BCUT2D eigenvalue weighted by molar-refractivity contribution is 1.13. The Balaban J connectivity index is 2.37. The molecule has 3 aromatic rings. The molecule has 3 rings (SSSR count). The molecule has 1 aromatic heterocycles. The zero-order valence-corrected chi connectivity index (χ0v) is 15.7. The Kier molecular flexibility index (Phi) is 5.08. The summed E-state index contributed by atoms with van der Waals surface area (Å²) in [5.41, 5.74) is 7.22. The largest absolute Gasteiger partial charge is 0.377 e. The molecule has 3 nitrogen and oxygen atoms in total. The molecule has 0 saturated heterocycles. The fourth-order valence-electron chi connectivity index (χ4n) is 3.23. The highest BCUT2D eigenvalue weighted by Crippen LogP contribution is 2.41. The summed E-state index contributed by atoms with van der Waals surface area (Å²) < 4.78 is 0. The van der Waals surface area contributed by atoms with E-state index in [2.05, 4.69) is 71.4 Å². The summed E-state index contributed by atoms with van der Waals surface area (Å²) in [6.45, 7) is 5.82. The maximum atomic E-state index is 5.82. The molecule has 2 aromatic carbocycles. The number of pyridine rings is 1. The van der Waals surface area contributed by atoms with Crippen molar-refractivity contribution in [3.63, 3.8) is 0 Å². The molecule has 0 aliphatic heterocycles. The second-order valence-corrected chi connectivity index (χ2v) is 6.55. The highest BCUT2D eigenvalue weighted by molar-refractivity contribution is 5.94. The monoisotopic (exact) mass is 341 g/mol. The Bertz CT molecular complexity index is 926. The number of hydrogen-bond acceptors (Lipinski definition) is 3. The Morgan fingerprint density at radius 2 is 1.27 bits per heavy atom. The summed E-state index contributed by atoms with van der Waals surface area (Å²) in [4.78, 5) is 8.69. The predicted molar refractivity (Wildman–Crippen MR) is 110 cm³/mol. The van der Waals surface area contributed by atoms with Gasteiger partial charge in [0.1, 0.15) is 0 Å². The minimum atomic E-state index is 0.658. The molecular formula is C23H23N3. The topological polar surface area (TPSA) is 19.4 Å². The fraction of sp³-hybridized carbons (Fsp3) is 0.174. The van der Waals surface area contributed by atoms with E-state index in [-0.39, 0.29) is 0 Å². The van der Waals surface area contributed by atoms with Crippen LogP contribution in [0, 0.1) is 12.7 Å². The SMILES string of the molecule is [CH]=[C]c1nccc(-c2ccccc2N(C)C)c1-c1ccccc1N(C)C. The highest BCUT2D eigenvalue weighted by Gasteiger charge is 2.18. The van der Waals surface area contributed by atoms with Gasteiger partial charge in [-0.3, -0.25) is 4.98 Å². The standard InChI is InChI=1S/C23H23N3/c1-6-20-23(19-12-8-10-14-22(19)26(4)5)18(15-16-24-20)17-11-7-9-13-21(17)25(2)3/h1,7-16H,2-5H3. The smallest absolute Gasteiger partial charge is 0.0794 e. The molecule has 0 saturated carbocycles. The zero-order chi connectivity index (χ0) is 18.7. The molecule has 0 amide bonds. The molecule has 0 N–H and O–H groups in total. The lowest BCUT2D eigenvalue weighted by Crippen LogP contribution is -2.11. The van der Waals surface area contributed by atoms with Crippen molar-refractivity contribution in [3.05, 3.63) is 79.1 Å². The molecular weight excluding hydrogens is 318 g/mol. The molecule has 0 aliphatic carbocycles. The van der Waals surface area contributed by atoms with Crippen LogP contribution in [0.1, 0.15) is 5.69 Å². The third kappa shape index (κ3) is 3.21. The van der Waals surface area contributed by atoms with Gasteiger partial charge in [0.15, 0.2) is 0 Å². The van der Waals surface area contributed by atoms with Crippen molar-refractivity contribution >= 4 is 11.4 Å². The average molecular weight is 341 g/mol. The van der Waals surface area contributed by atoms with Gasteiger partial charge < -0.3 is 9.80 Å². The fourth-order valence-corrected chi connectivity index (χ4v) is 3.23. The molecule has 2 radical (unpaired) electrons. The van der Waals surface area contributed by atoms with Crippen molar-refractivity contribution in [1.29, 1.82) is 0 Å². The van der Waals surface area contributed by atoms with E-state index in [1.165, 1.54) is 0 Å². The van der Waals surface area contributed by atoms with E-state index in [9.17, 15) is 0 Å². The number of hydrogen-bond donors (Lipinski definition) is 0. The minimum absolute atomic E-state index is 0.658. The van der Waals surface area contributed by atoms with Crippen molar-refractivity contribution in [1.82, 2.24) is 4.98 Å². The maximum Gasteiger partial charge on any atom is 0.0794 e. The number of anilines is 2. The molecule has 0 aliphatic rings. The molecule has 130 valence electrons. The van der Waals surface area contributed by atoms with E-state index < -0.39 is 0 Å². The Morgan fingerprint density at radius 1 is 0.731 bits per heavy atom. The minimum Gasteiger partial charge on any atom is -0.377 e. The van der Waals surface area contributed by atoms with Gasteiger partial charge >= 0.3 is 0 Å². The Morgan fingerprint density at radius 3 is 1.85 bits per heavy atom. The van der Waals surface area contributed by atoms with Gasteiger partial charge in [-0.05, 0) is 23.8 Å². The number of nitrogens with zero attached hydrogens (tertiary/aromatic N) is 3. The summed E-state index contributed by atoms with van der Waals surface area (Å²) in [6.07, 6.45) is 4.57. The van der Waals surface area contributed by atoms with Crippen LogP contribution in [0.25, 0.3) is 22.3 Å². The number of benzene rings is 2. The molecule has 0 bridgehead atoms. The quantitative estimate of drug-likeness (QED) is 0.671. The molecule has 0 unspecified atom stereocenters. The summed E-state index contributed by atoms with van der Waals surface area (Å²) in [5, 5.41) is 0. The normalized spacial score (nSPS) is 10.5. The van der Waals surface area contributed by atoms with Crippen LogP contribution in [0.3, 0.4) is 0 Å². The average Bonchev–Trinajstić information content (AvgIpc) is 2.67. The van der Waals surface area contributed by atoms with Crippen molar-refractivity contribution < 1.29 is 0 Å². The Labute approximate surface area is 156 Å². The first-order chi connectivity index (χ1) is 12.5. The predicted octanol–water partition coefficient (Wildman–Crippen LogP) is 4.69. The van der Waals surface area contributed by atoms with Crippen molar-refractivity contribution in [2.45, 2.75) is 0 Å². The van der Waals surface area contributed by atoms with Crippen LogP contribution in [0.2, 0.25) is 0 Å².